The van der Waals surface area contributed by atoms with E-state index < -0.39 is 43.4 Å². The maximum atomic E-state index is 12.9. The molecule has 44 heavy (non-hydrogen) atoms. The van der Waals surface area contributed by atoms with E-state index in [0.717, 1.165) is 11.1 Å². The van der Waals surface area contributed by atoms with Crippen LogP contribution < -0.4 is 0 Å². The summed E-state index contributed by atoms with van der Waals surface area (Å²) in [5.41, 5.74) is 1.73. The van der Waals surface area contributed by atoms with Crippen molar-refractivity contribution in [1.29, 1.82) is 0 Å². The van der Waals surface area contributed by atoms with Crippen LogP contribution in [0.15, 0.2) is 60.7 Å². The molecule has 2 saturated heterocycles. The third-order valence-corrected chi connectivity index (χ3v) is 8.35. The Morgan fingerprint density at radius 3 is 1.34 bits per heavy atom. The van der Waals surface area contributed by atoms with Crippen molar-refractivity contribution in [3.63, 3.8) is 0 Å². The summed E-state index contributed by atoms with van der Waals surface area (Å²) in [6, 6.07) is 18.6. The first-order chi connectivity index (χ1) is 21.3. The Bertz CT molecular complexity index is 1190. The van der Waals surface area contributed by atoms with Crippen LogP contribution in [0.5, 0.6) is 0 Å². The fourth-order valence-electron chi connectivity index (χ4n) is 5.73. The van der Waals surface area contributed by atoms with Crippen molar-refractivity contribution >= 4 is 29.9 Å². The quantitative estimate of drug-likeness (QED) is 0.245. The SMILES string of the molecule is CC[C@@H]1CN(C(=O)OCc2ccccc2)C[C@@H]1C(=O)COC(=O)OCC(=O)[C@H]1CN(C(=O)OCc2ccccc2)C[C@H]1CC. The summed E-state index contributed by atoms with van der Waals surface area (Å²) < 4.78 is 20.9. The molecule has 0 radical (unpaired) electrons. The van der Waals surface area contributed by atoms with Gasteiger partial charge in [0.1, 0.15) is 13.2 Å². The van der Waals surface area contributed by atoms with Gasteiger partial charge in [0, 0.05) is 38.0 Å². The van der Waals surface area contributed by atoms with Crippen LogP contribution in [0.25, 0.3) is 0 Å². The van der Waals surface area contributed by atoms with Gasteiger partial charge < -0.3 is 28.7 Å². The Morgan fingerprint density at radius 1 is 0.591 bits per heavy atom. The topological polar surface area (TPSA) is 129 Å². The number of benzene rings is 2. The molecule has 2 aliphatic rings. The number of ether oxygens (including phenoxy) is 4. The van der Waals surface area contributed by atoms with Gasteiger partial charge in [-0.1, -0.05) is 87.4 Å². The van der Waals surface area contributed by atoms with Gasteiger partial charge in [-0.25, -0.2) is 14.4 Å². The van der Waals surface area contributed by atoms with Crippen LogP contribution in [0.2, 0.25) is 0 Å². The minimum atomic E-state index is -1.12. The number of carbonyl (C=O) groups excluding carboxylic acids is 5. The zero-order chi connectivity index (χ0) is 31.5. The normalized spacial score (nSPS) is 21.0. The first kappa shape index (κ1) is 32.5. The highest BCUT2D eigenvalue weighted by Crippen LogP contribution is 2.29. The van der Waals surface area contributed by atoms with Gasteiger partial charge >= 0.3 is 18.3 Å². The van der Waals surface area contributed by atoms with Crippen molar-refractivity contribution in [3.05, 3.63) is 71.8 Å². The summed E-state index contributed by atoms with van der Waals surface area (Å²) in [7, 11) is 0. The average Bonchev–Trinajstić information content (AvgIpc) is 3.70. The van der Waals surface area contributed by atoms with Gasteiger partial charge in [-0.05, 0) is 23.0 Å². The Hall–Kier alpha value is -4.41. The van der Waals surface area contributed by atoms with Crippen LogP contribution in [0, 0.1) is 23.7 Å². The predicted octanol–water partition coefficient (Wildman–Crippen LogP) is 4.87. The molecule has 0 aliphatic carbocycles. The molecule has 2 amide bonds. The lowest BCUT2D eigenvalue weighted by atomic mass is 9.90. The lowest BCUT2D eigenvalue weighted by Crippen LogP contribution is -2.32. The Morgan fingerprint density at radius 2 is 0.977 bits per heavy atom. The minimum absolute atomic E-state index is 0.0938. The molecule has 0 bridgehead atoms. The van der Waals surface area contributed by atoms with E-state index in [1.807, 2.05) is 74.5 Å². The van der Waals surface area contributed by atoms with E-state index in [-0.39, 0.29) is 49.7 Å². The standard InChI is InChI=1S/C33H40N2O9/c1-3-25-15-34(31(38)41-19-23-11-7-5-8-12-23)17-27(25)29(36)21-43-33(40)44-22-30(37)28-18-35(16-26(28)4-2)32(39)42-20-24-13-9-6-10-14-24/h5-14,25-28H,3-4,15-22H2,1-2H3/t25-,26-,27+,28+/m1/s1. The predicted molar refractivity (Wildman–Crippen MR) is 158 cm³/mol. The molecule has 0 aromatic heterocycles. The van der Waals surface area contributed by atoms with Crippen LogP contribution in [0.3, 0.4) is 0 Å². The molecule has 0 unspecified atom stereocenters. The van der Waals surface area contributed by atoms with Crippen molar-refractivity contribution in [2.24, 2.45) is 23.7 Å². The summed E-state index contributed by atoms with van der Waals surface area (Å²) in [5, 5.41) is 0. The molecule has 0 saturated carbocycles. The smallest absolute Gasteiger partial charge is 0.445 e. The van der Waals surface area contributed by atoms with Crippen LogP contribution in [0.4, 0.5) is 14.4 Å². The van der Waals surface area contributed by atoms with Gasteiger partial charge in [-0.2, -0.15) is 0 Å². The highest BCUT2D eigenvalue weighted by molar-refractivity contribution is 5.87. The molecule has 4 rings (SSSR count). The van der Waals surface area contributed by atoms with Crippen molar-refractivity contribution < 1.29 is 42.9 Å². The third kappa shape index (κ3) is 8.81. The number of amides is 2. The number of Topliss-reactive ketones (excluding diaryl/α,β-unsaturated/α-hetero) is 2. The molecule has 236 valence electrons. The number of nitrogens with zero attached hydrogens (tertiary/aromatic N) is 2. The van der Waals surface area contributed by atoms with Crippen molar-refractivity contribution in [2.45, 2.75) is 39.9 Å². The maximum Gasteiger partial charge on any atom is 0.509 e. The molecule has 0 N–H and O–H groups in total. The van der Waals surface area contributed by atoms with Crippen molar-refractivity contribution in [2.75, 3.05) is 39.4 Å². The van der Waals surface area contributed by atoms with E-state index in [4.69, 9.17) is 18.9 Å². The van der Waals surface area contributed by atoms with Crippen molar-refractivity contribution in [3.8, 4) is 0 Å². The Balaban J connectivity index is 1.18. The molecule has 0 spiro atoms. The van der Waals surface area contributed by atoms with E-state index in [9.17, 15) is 24.0 Å². The number of rotatable bonds is 12. The summed E-state index contributed by atoms with van der Waals surface area (Å²) in [6.07, 6.45) is -0.797. The Kier molecular flexibility index (Phi) is 11.7. The van der Waals surface area contributed by atoms with E-state index in [1.54, 1.807) is 0 Å². The van der Waals surface area contributed by atoms with E-state index in [2.05, 4.69) is 0 Å². The first-order valence-electron chi connectivity index (χ1n) is 15.0. The zero-order valence-electron chi connectivity index (χ0n) is 25.2. The molecule has 11 nitrogen and oxygen atoms in total. The molecular weight excluding hydrogens is 568 g/mol. The summed E-state index contributed by atoms with van der Waals surface area (Å²) in [6.45, 7) is 4.17. The maximum absolute atomic E-state index is 12.9. The lowest BCUT2D eigenvalue weighted by molar-refractivity contribution is -0.129. The molecule has 2 fully saturated rings. The first-order valence-corrected chi connectivity index (χ1v) is 15.0. The summed E-state index contributed by atoms with van der Waals surface area (Å²) >= 11 is 0. The van der Waals surface area contributed by atoms with Crippen LogP contribution >= 0.6 is 0 Å². The molecule has 2 aliphatic heterocycles. The summed E-state index contributed by atoms with van der Waals surface area (Å²) in [4.78, 5) is 66.3. The van der Waals surface area contributed by atoms with E-state index in [0.29, 0.717) is 25.9 Å². The fraction of sp³-hybridized carbons (Fsp3) is 0.485. The van der Waals surface area contributed by atoms with Crippen LogP contribution in [-0.2, 0) is 41.8 Å². The number of hydrogen-bond acceptors (Lipinski definition) is 9. The Labute approximate surface area is 257 Å². The second-order valence-electron chi connectivity index (χ2n) is 11.2. The van der Waals surface area contributed by atoms with Gasteiger partial charge in [0.25, 0.3) is 0 Å². The molecule has 4 atom stereocenters. The monoisotopic (exact) mass is 608 g/mol. The second-order valence-corrected chi connectivity index (χ2v) is 11.2. The van der Waals surface area contributed by atoms with E-state index in [1.165, 1.54) is 9.80 Å². The highest BCUT2D eigenvalue weighted by atomic mass is 16.7. The van der Waals surface area contributed by atoms with Gasteiger partial charge in [0.2, 0.25) is 0 Å². The third-order valence-electron chi connectivity index (χ3n) is 8.35. The second kappa shape index (κ2) is 15.9. The minimum Gasteiger partial charge on any atom is -0.445 e. The van der Waals surface area contributed by atoms with Gasteiger partial charge in [0.05, 0.1) is 0 Å². The molecule has 2 aromatic carbocycles. The molecule has 2 heterocycles. The fourth-order valence-corrected chi connectivity index (χ4v) is 5.73. The zero-order valence-corrected chi connectivity index (χ0v) is 25.2. The van der Waals surface area contributed by atoms with Gasteiger partial charge in [-0.15, -0.1) is 0 Å². The lowest BCUT2D eigenvalue weighted by Gasteiger charge is -2.16. The molecular formula is C33H40N2O9. The molecule has 11 heteroatoms. The van der Waals surface area contributed by atoms with Gasteiger partial charge in [-0.3, -0.25) is 9.59 Å². The number of ketones is 2. The average molecular weight is 609 g/mol. The number of likely N-dealkylation sites (tertiary alicyclic amines) is 2. The number of hydrogen-bond donors (Lipinski definition) is 0. The van der Waals surface area contributed by atoms with E-state index >= 15 is 0 Å². The number of carbonyl (C=O) groups is 5. The van der Waals surface area contributed by atoms with Gasteiger partial charge in [0.15, 0.2) is 24.8 Å². The molecule has 2 aromatic rings. The van der Waals surface area contributed by atoms with Crippen LogP contribution in [0.1, 0.15) is 37.8 Å². The largest absolute Gasteiger partial charge is 0.509 e. The van der Waals surface area contributed by atoms with Crippen molar-refractivity contribution in [1.82, 2.24) is 9.80 Å². The summed E-state index contributed by atoms with van der Waals surface area (Å²) in [5.74, 6) is -1.85. The van der Waals surface area contributed by atoms with Crippen LogP contribution in [-0.4, -0.2) is 79.1 Å². The highest BCUT2D eigenvalue weighted by Gasteiger charge is 2.41.